The summed E-state index contributed by atoms with van der Waals surface area (Å²) in [4.78, 5) is 2.35. The van der Waals surface area contributed by atoms with E-state index in [9.17, 15) is 8.42 Å². The van der Waals surface area contributed by atoms with E-state index in [0.717, 1.165) is 39.1 Å². The lowest BCUT2D eigenvalue weighted by atomic mass is 9.81. The van der Waals surface area contributed by atoms with Gasteiger partial charge in [-0.25, -0.2) is 12.7 Å². The van der Waals surface area contributed by atoms with Gasteiger partial charge in [-0.15, -0.1) is 6.58 Å². The summed E-state index contributed by atoms with van der Waals surface area (Å²) in [7, 11) is -2.96. The molecule has 2 saturated heterocycles. The van der Waals surface area contributed by atoms with Gasteiger partial charge in [-0.2, -0.15) is 0 Å². The maximum absolute atomic E-state index is 11.6. The van der Waals surface area contributed by atoms with Crippen molar-refractivity contribution in [3.8, 4) is 0 Å². The molecular weight excluding hydrogens is 224 g/mol. The topological polar surface area (TPSA) is 40.6 Å². The monoisotopic (exact) mass is 244 g/mol. The van der Waals surface area contributed by atoms with Gasteiger partial charge in [0.1, 0.15) is 0 Å². The third kappa shape index (κ3) is 2.04. The van der Waals surface area contributed by atoms with E-state index in [1.807, 2.05) is 6.08 Å². The van der Waals surface area contributed by atoms with Crippen molar-refractivity contribution in [2.45, 2.75) is 13.3 Å². The first-order chi connectivity index (χ1) is 7.51. The van der Waals surface area contributed by atoms with Gasteiger partial charge in [0.15, 0.2) is 0 Å². The van der Waals surface area contributed by atoms with Crippen molar-refractivity contribution in [1.82, 2.24) is 9.21 Å². The van der Waals surface area contributed by atoms with Crippen molar-refractivity contribution >= 4 is 10.0 Å². The molecule has 1 spiro atoms. The number of nitrogens with zero attached hydrogens (tertiary/aromatic N) is 2. The van der Waals surface area contributed by atoms with Crippen molar-refractivity contribution in [3.05, 3.63) is 12.7 Å². The van der Waals surface area contributed by atoms with E-state index in [-0.39, 0.29) is 11.2 Å². The molecule has 16 heavy (non-hydrogen) atoms. The Morgan fingerprint density at radius 1 is 1.38 bits per heavy atom. The molecule has 92 valence electrons. The molecule has 0 aliphatic carbocycles. The number of sulfonamides is 1. The summed E-state index contributed by atoms with van der Waals surface area (Å²) in [5, 5.41) is 0. The summed E-state index contributed by atoms with van der Waals surface area (Å²) >= 11 is 0. The van der Waals surface area contributed by atoms with E-state index < -0.39 is 10.0 Å². The Morgan fingerprint density at radius 2 is 2.06 bits per heavy atom. The normalized spacial score (nSPS) is 25.8. The van der Waals surface area contributed by atoms with Crippen LogP contribution in [0.4, 0.5) is 0 Å². The molecule has 0 unspecified atom stereocenters. The third-order valence-electron chi connectivity index (χ3n) is 3.69. The summed E-state index contributed by atoms with van der Waals surface area (Å²) in [5.74, 6) is 0.222. The standard InChI is InChI=1S/C11H20N2O2S/c1-3-6-12-7-5-11(8-12)9-13(10-11)16(14,15)4-2/h3H,1,4-10H2,2H3. The van der Waals surface area contributed by atoms with Gasteiger partial charge in [0.2, 0.25) is 10.0 Å². The fraction of sp³-hybridized carbons (Fsp3) is 0.818. The van der Waals surface area contributed by atoms with Gasteiger partial charge in [-0.3, -0.25) is 4.90 Å². The van der Waals surface area contributed by atoms with Crippen molar-refractivity contribution in [2.75, 3.05) is 38.5 Å². The van der Waals surface area contributed by atoms with Crippen LogP contribution >= 0.6 is 0 Å². The average molecular weight is 244 g/mol. The zero-order valence-electron chi connectivity index (χ0n) is 9.85. The van der Waals surface area contributed by atoms with Crippen LogP contribution in [0.2, 0.25) is 0 Å². The summed E-state index contributed by atoms with van der Waals surface area (Å²) in [6, 6.07) is 0. The van der Waals surface area contributed by atoms with Crippen molar-refractivity contribution in [3.63, 3.8) is 0 Å². The van der Waals surface area contributed by atoms with Gasteiger partial charge in [0.05, 0.1) is 5.75 Å². The Balaban J connectivity index is 1.91. The van der Waals surface area contributed by atoms with Crippen LogP contribution in [0.15, 0.2) is 12.7 Å². The highest BCUT2D eigenvalue weighted by Gasteiger charge is 2.50. The quantitative estimate of drug-likeness (QED) is 0.677. The Morgan fingerprint density at radius 3 is 2.62 bits per heavy atom. The molecule has 4 nitrogen and oxygen atoms in total. The fourth-order valence-corrected chi connectivity index (χ4v) is 4.01. The predicted molar refractivity (Wildman–Crippen MR) is 64.7 cm³/mol. The number of hydrogen-bond acceptors (Lipinski definition) is 3. The molecule has 0 amide bonds. The van der Waals surface area contributed by atoms with E-state index >= 15 is 0 Å². The maximum atomic E-state index is 11.6. The van der Waals surface area contributed by atoms with Crippen molar-refractivity contribution in [1.29, 1.82) is 0 Å². The second kappa shape index (κ2) is 4.13. The first-order valence-corrected chi connectivity index (χ1v) is 7.43. The van der Waals surface area contributed by atoms with E-state index in [2.05, 4.69) is 11.5 Å². The Bertz CT molecular complexity index is 371. The van der Waals surface area contributed by atoms with Crippen LogP contribution in [-0.4, -0.2) is 56.1 Å². The molecule has 0 atom stereocenters. The van der Waals surface area contributed by atoms with E-state index in [4.69, 9.17) is 0 Å². The zero-order chi connectivity index (χ0) is 11.8. The molecule has 0 aromatic heterocycles. The Labute approximate surface area is 98.0 Å². The van der Waals surface area contributed by atoms with Crippen LogP contribution < -0.4 is 0 Å². The van der Waals surface area contributed by atoms with Crippen molar-refractivity contribution in [2.24, 2.45) is 5.41 Å². The molecule has 5 heteroatoms. The lowest BCUT2D eigenvalue weighted by Crippen LogP contribution is -2.59. The van der Waals surface area contributed by atoms with Crippen LogP contribution in [0, 0.1) is 5.41 Å². The molecule has 2 aliphatic rings. The third-order valence-corrected chi connectivity index (χ3v) is 5.46. The lowest BCUT2D eigenvalue weighted by molar-refractivity contribution is 0.0797. The molecule has 2 fully saturated rings. The van der Waals surface area contributed by atoms with Crippen LogP contribution in [0.25, 0.3) is 0 Å². The highest BCUT2D eigenvalue weighted by molar-refractivity contribution is 7.89. The largest absolute Gasteiger partial charge is 0.299 e. The van der Waals surface area contributed by atoms with Gasteiger partial charge >= 0.3 is 0 Å². The molecule has 2 rings (SSSR count). The molecule has 0 saturated carbocycles. The summed E-state index contributed by atoms with van der Waals surface area (Å²) in [6.07, 6.45) is 3.04. The van der Waals surface area contributed by atoms with Crippen LogP contribution in [0.1, 0.15) is 13.3 Å². The van der Waals surface area contributed by atoms with Gasteiger partial charge in [0.25, 0.3) is 0 Å². The highest BCUT2D eigenvalue weighted by Crippen LogP contribution is 2.40. The van der Waals surface area contributed by atoms with Gasteiger partial charge in [-0.1, -0.05) is 6.08 Å². The minimum Gasteiger partial charge on any atom is -0.299 e. The summed E-state index contributed by atoms with van der Waals surface area (Å²) < 4.78 is 24.9. The number of rotatable bonds is 4. The molecule has 2 heterocycles. The van der Waals surface area contributed by atoms with Crippen LogP contribution in [-0.2, 0) is 10.0 Å². The van der Waals surface area contributed by atoms with Crippen LogP contribution in [0.3, 0.4) is 0 Å². The Hall–Kier alpha value is -0.390. The minimum atomic E-state index is -2.96. The van der Waals surface area contributed by atoms with Gasteiger partial charge < -0.3 is 0 Å². The number of hydrogen-bond donors (Lipinski definition) is 0. The van der Waals surface area contributed by atoms with Crippen LogP contribution in [0.5, 0.6) is 0 Å². The van der Waals surface area contributed by atoms with Crippen molar-refractivity contribution < 1.29 is 8.42 Å². The zero-order valence-corrected chi connectivity index (χ0v) is 10.7. The first kappa shape index (κ1) is 12.1. The molecule has 2 aliphatic heterocycles. The average Bonchev–Trinajstić information content (AvgIpc) is 2.60. The minimum absolute atomic E-state index is 0.222. The van der Waals surface area contributed by atoms with Gasteiger partial charge in [0, 0.05) is 31.6 Å². The fourth-order valence-electron chi connectivity index (χ4n) is 2.71. The molecule has 0 aromatic rings. The lowest BCUT2D eigenvalue weighted by Gasteiger charge is -2.46. The SMILES string of the molecule is C=CCN1CCC2(C1)CN(S(=O)(=O)CC)C2. The van der Waals surface area contributed by atoms with Gasteiger partial charge in [-0.05, 0) is 19.9 Å². The summed E-state index contributed by atoms with van der Waals surface area (Å²) in [5.41, 5.74) is 0.241. The molecule has 0 bridgehead atoms. The smallest absolute Gasteiger partial charge is 0.213 e. The molecule has 0 aromatic carbocycles. The number of likely N-dealkylation sites (tertiary alicyclic amines) is 1. The second-order valence-electron chi connectivity index (χ2n) is 4.94. The summed E-state index contributed by atoms with van der Waals surface area (Å²) in [6.45, 7) is 9.90. The highest BCUT2D eigenvalue weighted by atomic mass is 32.2. The predicted octanol–water partition coefficient (Wildman–Crippen LogP) is 0.530. The molecule has 0 N–H and O–H groups in total. The van der Waals surface area contributed by atoms with E-state index in [0.29, 0.717) is 0 Å². The van der Waals surface area contributed by atoms with E-state index in [1.54, 1.807) is 11.2 Å². The first-order valence-electron chi connectivity index (χ1n) is 5.82. The second-order valence-corrected chi connectivity index (χ2v) is 7.20. The van der Waals surface area contributed by atoms with E-state index in [1.165, 1.54) is 0 Å². The molecule has 0 radical (unpaired) electrons. The Kier molecular flexibility index (Phi) is 3.11. The molecular formula is C11H20N2O2S. The maximum Gasteiger partial charge on any atom is 0.213 e.